The van der Waals surface area contributed by atoms with Crippen LogP contribution in [-0.4, -0.2) is 73.9 Å². The summed E-state index contributed by atoms with van der Waals surface area (Å²) < 4.78 is 5.23. The number of hydrogen-bond donors (Lipinski definition) is 1. The number of ether oxygens (including phenoxy) is 1. The third-order valence-corrected chi connectivity index (χ3v) is 2.47. The van der Waals surface area contributed by atoms with Crippen molar-refractivity contribution in [1.29, 1.82) is 0 Å². The number of hydrogen-bond acceptors (Lipinski definition) is 4. The van der Waals surface area contributed by atoms with Gasteiger partial charge in [0, 0.05) is 26.2 Å². The molecule has 1 unspecified atom stereocenters. The van der Waals surface area contributed by atoms with Crippen LogP contribution < -0.4 is 0 Å². The summed E-state index contributed by atoms with van der Waals surface area (Å²) in [5.41, 5.74) is 0. The SMILES string of the molecule is CCCN(CCN(C)C)CC(OCC)C(=O)O. The van der Waals surface area contributed by atoms with Crippen molar-refractivity contribution in [2.75, 3.05) is 46.9 Å². The summed E-state index contributed by atoms with van der Waals surface area (Å²) >= 11 is 0. The van der Waals surface area contributed by atoms with E-state index < -0.39 is 12.1 Å². The van der Waals surface area contributed by atoms with Gasteiger partial charge in [-0.2, -0.15) is 0 Å². The molecule has 0 aromatic rings. The van der Waals surface area contributed by atoms with E-state index in [2.05, 4.69) is 16.7 Å². The zero-order chi connectivity index (χ0) is 13.3. The van der Waals surface area contributed by atoms with E-state index in [0.717, 1.165) is 26.1 Å². The van der Waals surface area contributed by atoms with E-state index >= 15 is 0 Å². The smallest absolute Gasteiger partial charge is 0.334 e. The summed E-state index contributed by atoms with van der Waals surface area (Å²) in [6.07, 6.45) is 0.306. The van der Waals surface area contributed by atoms with Crippen LogP contribution in [0.4, 0.5) is 0 Å². The Morgan fingerprint density at radius 1 is 1.24 bits per heavy atom. The zero-order valence-electron chi connectivity index (χ0n) is 11.5. The molecule has 0 fully saturated rings. The highest BCUT2D eigenvalue weighted by Crippen LogP contribution is 2.00. The number of carboxylic acids is 1. The Morgan fingerprint density at radius 3 is 2.29 bits per heavy atom. The zero-order valence-corrected chi connectivity index (χ0v) is 11.5. The number of carbonyl (C=O) groups is 1. The van der Waals surface area contributed by atoms with Gasteiger partial charge in [-0.3, -0.25) is 4.90 Å². The summed E-state index contributed by atoms with van der Waals surface area (Å²) in [4.78, 5) is 15.2. The highest BCUT2D eigenvalue weighted by atomic mass is 16.5. The number of nitrogens with zero attached hydrogens (tertiary/aromatic N) is 2. The van der Waals surface area contributed by atoms with Crippen molar-refractivity contribution in [3.8, 4) is 0 Å². The van der Waals surface area contributed by atoms with Crippen LogP contribution in [0.3, 0.4) is 0 Å². The Morgan fingerprint density at radius 2 is 1.88 bits per heavy atom. The second-order valence-electron chi connectivity index (χ2n) is 4.39. The fraction of sp³-hybridized carbons (Fsp3) is 0.917. The van der Waals surface area contributed by atoms with Gasteiger partial charge >= 0.3 is 5.97 Å². The number of aliphatic carboxylic acids is 1. The topological polar surface area (TPSA) is 53.0 Å². The molecule has 0 aromatic heterocycles. The first-order valence-corrected chi connectivity index (χ1v) is 6.22. The molecule has 5 heteroatoms. The molecule has 0 aromatic carbocycles. The van der Waals surface area contributed by atoms with Gasteiger partial charge in [-0.05, 0) is 34.0 Å². The van der Waals surface area contributed by atoms with E-state index in [-0.39, 0.29) is 0 Å². The van der Waals surface area contributed by atoms with Gasteiger partial charge in [0.15, 0.2) is 6.10 Å². The maximum Gasteiger partial charge on any atom is 0.334 e. The molecule has 0 bridgehead atoms. The monoisotopic (exact) mass is 246 g/mol. The first-order chi connectivity index (χ1) is 8.01. The molecule has 102 valence electrons. The first-order valence-electron chi connectivity index (χ1n) is 6.22. The molecular formula is C12H26N2O3. The fourth-order valence-corrected chi connectivity index (χ4v) is 1.59. The van der Waals surface area contributed by atoms with E-state index in [9.17, 15) is 4.79 Å². The second-order valence-corrected chi connectivity index (χ2v) is 4.39. The second kappa shape index (κ2) is 9.39. The molecule has 0 aliphatic carbocycles. The average Bonchev–Trinajstić information content (AvgIpc) is 2.25. The lowest BCUT2D eigenvalue weighted by molar-refractivity contribution is -0.151. The van der Waals surface area contributed by atoms with Gasteiger partial charge in [0.05, 0.1) is 0 Å². The van der Waals surface area contributed by atoms with Crippen molar-refractivity contribution in [3.05, 3.63) is 0 Å². The normalized spacial score (nSPS) is 13.3. The highest BCUT2D eigenvalue weighted by molar-refractivity contribution is 5.72. The van der Waals surface area contributed by atoms with Gasteiger partial charge < -0.3 is 14.7 Å². The molecule has 1 N–H and O–H groups in total. The van der Waals surface area contributed by atoms with Crippen LogP contribution in [0.15, 0.2) is 0 Å². The third-order valence-electron chi connectivity index (χ3n) is 2.47. The maximum absolute atomic E-state index is 11.0. The van der Waals surface area contributed by atoms with E-state index in [1.807, 2.05) is 21.0 Å². The first kappa shape index (κ1) is 16.4. The number of carboxylic acid groups (broad SMARTS) is 1. The average molecular weight is 246 g/mol. The van der Waals surface area contributed by atoms with Crippen molar-refractivity contribution in [1.82, 2.24) is 9.80 Å². The molecule has 5 nitrogen and oxygen atoms in total. The lowest BCUT2D eigenvalue weighted by Crippen LogP contribution is -2.41. The predicted molar refractivity (Wildman–Crippen MR) is 68.3 cm³/mol. The molecule has 0 saturated carbocycles. The number of likely N-dealkylation sites (N-methyl/N-ethyl adjacent to an activating group) is 1. The van der Waals surface area contributed by atoms with Crippen LogP contribution in [0, 0.1) is 0 Å². The van der Waals surface area contributed by atoms with Crippen LogP contribution in [0.1, 0.15) is 20.3 Å². The molecule has 0 rings (SSSR count). The summed E-state index contributed by atoms with van der Waals surface area (Å²) in [6, 6.07) is 0. The largest absolute Gasteiger partial charge is 0.479 e. The lowest BCUT2D eigenvalue weighted by Gasteiger charge is -2.26. The van der Waals surface area contributed by atoms with Gasteiger partial charge in [0.1, 0.15) is 0 Å². The molecule has 0 saturated heterocycles. The molecule has 0 aliphatic heterocycles. The number of rotatable bonds is 10. The van der Waals surface area contributed by atoms with Crippen molar-refractivity contribution >= 4 is 5.97 Å². The maximum atomic E-state index is 11.0. The van der Waals surface area contributed by atoms with Crippen molar-refractivity contribution in [2.45, 2.75) is 26.4 Å². The van der Waals surface area contributed by atoms with Gasteiger partial charge in [-0.15, -0.1) is 0 Å². The van der Waals surface area contributed by atoms with Gasteiger partial charge in [-0.1, -0.05) is 6.92 Å². The van der Waals surface area contributed by atoms with Crippen molar-refractivity contribution < 1.29 is 14.6 Å². The molecule has 0 spiro atoms. The Labute approximate surface area is 104 Å². The Balaban J connectivity index is 4.22. The standard InChI is InChI=1S/C12H26N2O3/c1-5-7-14(9-8-13(3)4)10-11(12(15)16)17-6-2/h11H,5-10H2,1-4H3,(H,15,16). The van der Waals surface area contributed by atoms with Gasteiger partial charge in [-0.25, -0.2) is 4.79 Å². The van der Waals surface area contributed by atoms with E-state index in [1.165, 1.54) is 0 Å². The fourth-order valence-electron chi connectivity index (χ4n) is 1.59. The molecule has 0 radical (unpaired) electrons. The van der Waals surface area contributed by atoms with E-state index in [4.69, 9.17) is 9.84 Å². The highest BCUT2D eigenvalue weighted by Gasteiger charge is 2.20. The van der Waals surface area contributed by atoms with Crippen LogP contribution in [0.2, 0.25) is 0 Å². The summed E-state index contributed by atoms with van der Waals surface area (Å²) in [5, 5.41) is 9.04. The van der Waals surface area contributed by atoms with Crippen molar-refractivity contribution in [2.24, 2.45) is 0 Å². The van der Waals surface area contributed by atoms with E-state index in [0.29, 0.717) is 13.2 Å². The molecule has 0 amide bonds. The van der Waals surface area contributed by atoms with Crippen molar-refractivity contribution in [3.63, 3.8) is 0 Å². The summed E-state index contributed by atoms with van der Waals surface area (Å²) in [6.45, 7) is 7.52. The molecule has 1 atom stereocenters. The third kappa shape index (κ3) is 8.12. The van der Waals surface area contributed by atoms with Gasteiger partial charge in [0.2, 0.25) is 0 Å². The van der Waals surface area contributed by atoms with Crippen LogP contribution in [-0.2, 0) is 9.53 Å². The molecular weight excluding hydrogens is 220 g/mol. The Hall–Kier alpha value is -0.650. The molecule has 17 heavy (non-hydrogen) atoms. The minimum atomic E-state index is -0.877. The summed E-state index contributed by atoms with van der Waals surface area (Å²) in [7, 11) is 4.03. The molecule has 0 heterocycles. The lowest BCUT2D eigenvalue weighted by atomic mass is 10.3. The summed E-state index contributed by atoms with van der Waals surface area (Å²) in [5.74, 6) is -0.877. The van der Waals surface area contributed by atoms with Crippen LogP contribution in [0.5, 0.6) is 0 Å². The quantitative estimate of drug-likeness (QED) is 0.616. The Bertz CT molecular complexity index is 210. The Kier molecular flexibility index (Phi) is 9.03. The van der Waals surface area contributed by atoms with Gasteiger partial charge in [0.25, 0.3) is 0 Å². The van der Waals surface area contributed by atoms with E-state index in [1.54, 1.807) is 0 Å². The minimum absolute atomic E-state index is 0.435. The predicted octanol–water partition coefficient (Wildman–Crippen LogP) is 0.750. The minimum Gasteiger partial charge on any atom is -0.479 e. The molecule has 0 aliphatic rings. The van der Waals surface area contributed by atoms with Crippen LogP contribution >= 0.6 is 0 Å². The van der Waals surface area contributed by atoms with Crippen LogP contribution in [0.25, 0.3) is 0 Å².